The van der Waals surface area contributed by atoms with Crippen molar-refractivity contribution < 1.29 is 5.11 Å². The topological polar surface area (TPSA) is 36.4 Å². The van der Waals surface area contributed by atoms with Crippen LogP contribution in [0.2, 0.25) is 0 Å². The molecule has 0 fully saturated rings. The van der Waals surface area contributed by atoms with Gasteiger partial charge in [-0.2, -0.15) is 0 Å². The van der Waals surface area contributed by atoms with Gasteiger partial charge in [0.2, 0.25) is 0 Å². The number of halogens is 1. The molecular formula is C14H15BrN2O. The van der Waals surface area contributed by atoms with Crippen molar-refractivity contribution in [3.63, 3.8) is 0 Å². The number of hydrogen-bond acceptors (Lipinski definition) is 3. The molecule has 4 heteroatoms. The molecule has 18 heavy (non-hydrogen) atoms. The average Bonchev–Trinajstić information content (AvgIpc) is 2.41. The van der Waals surface area contributed by atoms with Gasteiger partial charge >= 0.3 is 0 Å². The predicted octanol–water partition coefficient (Wildman–Crippen LogP) is 2.97. The minimum atomic E-state index is 0.0259. The summed E-state index contributed by atoms with van der Waals surface area (Å²) in [7, 11) is 2.00. The van der Waals surface area contributed by atoms with E-state index in [0.29, 0.717) is 0 Å². The van der Waals surface area contributed by atoms with Gasteiger partial charge in [-0.15, -0.1) is 0 Å². The summed E-state index contributed by atoms with van der Waals surface area (Å²) in [5.41, 5.74) is 3.04. The van der Waals surface area contributed by atoms with Crippen molar-refractivity contribution in [2.24, 2.45) is 0 Å². The van der Waals surface area contributed by atoms with Gasteiger partial charge in [0.05, 0.1) is 18.5 Å². The average molecular weight is 307 g/mol. The Bertz CT molecular complexity index is 531. The number of benzene rings is 1. The summed E-state index contributed by atoms with van der Waals surface area (Å²) in [5.74, 6) is 0. The number of anilines is 1. The molecule has 94 valence electrons. The van der Waals surface area contributed by atoms with Gasteiger partial charge < -0.3 is 10.0 Å². The van der Waals surface area contributed by atoms with Crippen LogP contribution in [0.5, 0.6) is 0 Å². The van der Waals surface area contributed by atoms with E-state index < -0.39 is 0 Å². The van der Waals surface area contributed by atoms with E-state index in [9.17, 15) is 5.11 Å². The second kappa shape index (κ2) is 5.98. The number of nitrogens with zero attached hydrogens (tertiary/aromatic N) is 2. The highest BCUT2D eigenvalue weighted by atomic mass is 79.9. The molecule has 2 aromatic rings. The summed E-state index contributed by atoms with van der Waals surface area (Å²) < 4.78 is 1.09. The molecule has 1 heterocycles. The standard InChI is InChI=1S/C14H15BrN2O/c1-17(9-11-4-2-3-5-13(11)15)14-8-16-7-6-12(14)10-18/h2-8,18H,9-10H2,1H3. The highest BCUT2D eigenvalue weighted by molar-refractivity contribution is 9.10. The molecule has 0 bridgehead atoms. The molecule has 0 aliphatic carbocycles. The van der Waals surface area contributed by atoms with Gasteiger partial charge in [0.1, 0.15) is 0 Å². The van der Waals surface area contributed by atoms with Crippen LogP contribution in [0.15, 0.2) is 47.2 Å². The molecule has 0 unspecified atom stereocenters. The molecule has 1 N–H and O–H groups in total. The molecule has 0 saturated carbocycles. The Morgan fingerprint density at radius 3 is 2.72 bits per heavy atom. The Balaban J connectivity index is 2.22. The van der Waals surface area contributed by atoms with Crippen molar-refractivity contribution in [2.75, 3.05) is 11.9 Å². The lowest BCUT2D eigenvalue weighted by molar-refractivity contribution is 0.282. The first-order chi connectivity index (χ1) is 8.72. The van der Waals surface area contributed by atoms with Crippen molar-refractivity contribution >= 4 is 21.6 Å². The molecule has 0 amide bonds. The van der Waals surface area contributed by atoms with Crippen LogP contribution in [0, 0.1) is 0 Å². The van der Waals surface area contributed by atoms with Gasteiger partial charge in [-0.1, -0.05) is 34.1 Å². The zero-order valence-electron chi connectivity index (χ0n) is 10.2. The van der Waals surface area contributed by atoms with Gasteiger partial charge in [-0.25, -0.2) is 0 Å². The molecule has 1 aromatic heterocycles. The van der Waals surface area contributed by atoms with E-state index in [1.807, 2.05) is 31.3 Å². The van der Waals surface area contributed by atoms with Crippen molar-refractivity contribution in [1.82, 2.24) is 4.98 Å². The first-order valence-electron chi connectivity index (χ1n) is 5.70. The molecule has 0 aliphatic rings. The number of aliphatic hydroxyl groups excluding tert-OH is 1. The zero-order valence-corrected chi connectivity index (χ0v) is 11.8. The van der Waals surface area contributed by atoms with E-state index in [1.54, 1.807) is 12.4 Å². The van der Waals surface area contributed by atoms with Crippen LogP contribution in [-0.2, 0) is 13.2 Å². The molecule has 2 rings (SSSR count). The lowest BCUT2D eigenvalue weighted by atomic mass is 10.2. The fourth-order valence-corrected chi connectivity index (χ4v) is 2.27. The third kappa shape index (κ3) is 2.89. The van der Waals surface area contributed by atoms with Crippen molar-refractivity contribution in [1.29, 1.82) is 0 Å². The van der Waals surface area contributed by atoms with Gasteiger partial charge in [0.25, 0.3) is 0 Å². The van der Waals surface area contributed by atoms with Crippen LogP contribution in [0.3, 0.4) is 0 Å². The Morgan fingerprint density at radius 2 is 2.00 bits per heavy atom. The number of hydrogen-bond donors (Lipinski definition) is 1. The van der Waals surface area contributed by atoms with E-state index >= 15 is 0 Å². The highest BCUT2D eigenvalue weighted by Gasteiger charge is 2.08. The van der Waals surface area contributed by atoms with Gasteiger partial charge in [-0.3, -0.25) is 4.98 Å². The van der Waals surface area contributed by atoms with E-state index in [2.05, 4.69) is 31.9 Å². The van der Waals surface area contributed by atoms with E-state index in [1.165, 1.54) is 5.56 Å². The fraction of sp³-hybridized carbons (Fsp3) is 0.214. The van der Waals surface area contributed by atoms with Crippen molar-refractivity contribution in [2.45, 2.75) is 13.2 Å². The van der Waals surface area contributed by atoms with E-state index in [-0.39, 0.29) is 6.61 Å². The molecule has 0 spiro atoms. The van der Waals surface area contributed by atoms with Crippen molar-refractivity contribution in [3.8, 4) is 0 Å². The van der Waals surface area contributed by atoms with E-state index in [4.69, 9.17) is 0 Å². The Labute approximate surface area is 115 Å². The molecule has 1 aromatic carbocycles. The largest absolute Gasteiger partial charge is 0.392 e. The highest BCUT2D eigenvalue weighted by Crippen LogP contribution is 2.23. The summed E-state index contributed by atoms with van der Waals surface area (Å²) in [6.07, 6.45) is 3.48. The summed E-state index contributed by atoms with van der Waals surface area (Å²) in [6.45, 7) is 0.790. The number of aliphatic hydroxyl groups is 1. The van der Waals surface area contributed by atoms with Crippen LogP contribution in [0.1, 0.15) is 11.1 Å². The number of pyridine rings is 1. The molecule has 0 atom stereocenters. The van der Waals surface area contributed by atoms with Crippen LogP contribution in [0.25, 0.3) is 0 Å². The van der Waals surface area contributed by atoms with Crippen LogP contribution in [-0.4, -0.2) is 17.1 Å². The Kier molecular flexibility index (Phi) is 4.33. The summed E-state index contributed by atoms with van der Waals surface area (Å²) >= 11 is 3.54. The SMILES string of the molecule is CN(Cc1ccccc1Br)c1cnccc1CO. The molecule has 0 saturated heterocycles. The number of rotatable bonds is 4. The third-order valence-corrected chi connectivity index (χ3v) is 3.61. The van der Waals surface area contributed by atoms with E-state index in [0.717, 1.165) is 22.3 Å². The summed E-state index contributed by atoms with van der Waals surface area (Å²) in [6, 6.07) is 9.96. The van der Waals surface area contributed by atoms with Gasteiger partial charge in [0.15, 0.2) is 0 Å². The first kappa shape index (κ1) is 13.1. The second-order valence-corrected chi connectivity index (χ2v) is 4.96. The Morgan fingerprint density at radius 1 is 1.22 bits per heavy atom. The first-order valence-corrected chi connectivity index (χ1v) is 6.50. The van der Waals surface area contributed by atoms with Crippen LogP contribution >= 0.6 is 15.9 Å². The smallest absolute Gasteiger partial charge is 0.0703 e. The fourth-order valence-electron chi connectivity index (χ4n) is 1.86. The quantitative estimate of drug-likeness (QED) is 0.943. The molecule has 0 aliphatic heterocycles. The minimum absolute atomic E-state index is 0.0259. The second-order valence-electron chi connectivity index (χ2n) is 4.11. The third-order valence-electron chi connectivity index (χ3n) is 2.83. The molecule has 3 nitrogen and oxygen atoms in total. The van der Waals surface area contributed by atoms with Crippen LogP contribution < -0.4 is 4.90 Å². The summed E-state index contributed by atoms with van der Waals surface area (Å²) in [5, 5.41) is 9.32. The monoisotopic (exact) mass is 306 g/mol. The van der Waals surface area contributed by atoms with Gasteiger partial charge in [-0.05, 0) is 17.7 Å². The summed E-state index contributed by atoms with van der Waals surface area (Å²) in [4.78, 5) is 6.20. The Hall–Kier alpha value is -1.39. The maximum atomic E-state index is 9.32. The lowest BCUT2D eigenvalue weighted by Gasteiger charge is -2.22. The van der Waals surface area contributed by atoms with Crippen LogP contribution in [0.4, 0.5) is 5.69 Å². The molecular weight excluding hydrogens is 292 g/mol. The maximum absolute atomic E-state index is 9.32. The molecule has 0 radical (unpaired) electrons. The maximum Gasteiger partial charge on any atom is 0.0703 e. The predicted molar refractivity (Wildman–Crippen MR) is 76.4 cm³/mol. The minimum Gasteiger partial charge on any atom is -0.392 e. The normalized spacial score (nSPS) is 10.4. The lowest BCUT2D eigenvalue weighted by Crippen LogP contribution is -2.18. The zero-order chi connectivity index (χ0) is 13.0. The van der Waals surface area contributed by atoms with Gasteiger partial charge in [0, 0.05) is 29.8 Å². The number of aromatic nitrogens is 1. The van der Waals surface area contributed by atoms with Crippen molar-refractivity contribution in [3.05, 3.63) is 58.3 Å².